The minimum absolute atomic E-state index is 0. The Morgan fingerprint density at radius 2 is 0.750 bits per heavy atom. The Labute approximate surface area is 93.2 Å². The average Bonchev–Trinajstić information content (AvgIpc) is 1.12. The van der Waals surface area contributed by atoms with Crippen molar-refractivity contribution >= 4 is 20.8 Å². The Morgan fingerprint density at radius 3 is 0.750 bits per heavy atom. The first-order valence-corrected chi connectivity index (χ1v) is 4.10. The van der Waals surface area contributed by atoms with Gasteiger partial charge in [-0.3, -0.25) is 9.11 Å². The van der Waals surface area contributed by atoms with E-state index in [1.165, 1.54) is 0 Å². The van der Waals surface area contributed by atoms with Crippen molar-refractivity contribution in [2.24, 2.45) is 0 Å². The van der Waals surface area contributed by atoms with Gasteiger partial charge < -0.3 is 9.11 Å². The number of hydrogen-bond acceptors (Lipinski definition) is 6. The second kappa shape index (κ2) is 8.53. The fraction of sp³-hybridized carbons (Fsp3) is 0. The summed E-state index contributed by atoms with van der Waals surface area (Å²) < 4.78 is 65.7. The molecule has 2 N–H and O–H groups in total. The van der Waals surface area contributed by atoms with E-state index in [-0.39, 0.29) is 37.7 Å². The minimum Gasteiger partial charge on any atom is -0.726 e. The van der Waals surface area contributed by atoms with Crippen LogP contribution in [-0.2, 0) is 20.8 Å². The second-order valence-electron chi connectivity index (χ2n) is 0.855. The molecule has 0 aromatic carbocycles. The van der Waals surface area contributed by atoms with E-state index < -0.39 is 20.8 Å². The first-order valence-electron chi connectivity index (χ1n) is 1.37. The molecule has 0 radical (unpaired) electrons. The summed E-state index contributed by atoms with van der Waals surface area (Å²) in [5.41, 5.74) is 0. The summed E-state index contributed by atoms with van der Waals surface area (Å²) in [5, 5.41) is 0. The van der Waals surface area contributed by atoms with Gasteiger partial charge in [0.25, 0.3) is 0 Å². The summed E-state index contributed by atoms with van der Waals surface area (Å²) in [5.74, 6) is 0. The fourth-order valence-corrected chi connectivity index (χ4v) is 0. The van der Waals surface area contributed by atoms with Gasteiger partial charge in [-0.15, -0.1) is 0 Å². The van der Waals surface area contributed by atoms with Crippen LogP contribution in [0.1, 0.15) is 0 Å². The monoisotopic (exact) mass is 208 g/mol. The van der Waals surface area contributed by atoms with Crippen molar-refractivity contribution in [3.05, 3.63) is 0 Å². The molecule has 0 rings (SSSR count). The van der Waals surface area contributed by atoms with Gasteiger partial charge in [0.2, 0.25) is 20.8 Å². The van der Waals surface area contributed by atoms with Crippen LogP contribution in [0.4, 0.5) is 0 Å². The van der Waals surface area contributed by atoms with Crippen LogP contribution in [0.5, 0.6) is 0 Å². The predicted octanol–water partition coefficient (Wildman–Crippen LogP) is -7.98. The van der Waals surface area contributed by atoms with E-state index in [2.05, 4.69) is 0 Å². The van der Waals surface area contributed by atoms with Crippen molar-refractivity contribution in [1.82, 2.24) is 0 Å². The average molecular weight is 208 g/mol. The SMILES string of the molecule is O=S(=O)([O-])O.O=S(=O)([O-])O.[Li+].[Li+]. The van der Waals surface area contributed by atoms with Crippen LogP contribution in [0.15, 0.2) is 0 Å². The van der Waals surface area contributed by atoms with Crippen LogP contribution < -0.4 is 37.7 Å². The molecule has 0 saturated carbocycles. The molecule has 0 fully saturated rings. The molecule has 0 spiro atoms. The molecule has 0 heterocycles. The molecule has 64 valence electrons. The zero-order chi connectivity index (χ0) is 9.00. The van der Waals surface area contributed by atoms with Crippen molar-refractivity contribution in [2.75, 3.05) is 0 Å². The van der Waals surface area contributed by atoms with Gasteiger partial charge in [-0.2, -0.15) is 0 Å². The van der Waals surface area contributed by atoms with Crippen molar-refractivity contribution in [2.45, 2.75) is 0 Å². The third-order valence-corrected chi connectivity index (χ3v) is 0. The quantitative estimate of drug-likeness (QED) is 0.226. The van der Waals surface area contributed by atoms with Gasteiger partial charge in [0.05, 0.1) is 0 Å². The van der Waals surface area contributed by atoms with Gasteiger partial charge in [-0.25, -0.2) is 16.8 Å². The first-order chi connectivity index (χ1) is 4.00. The summed E-state index contributed by atoms with van der Waals surface area (Å²) in [6.45, 7) is 0. The van der Waals surface area contributed by atoms with Crippen molar-refractivity contribution in [1.29, 1.82) is 0 Å². The molecular weight excluding hydrogens is 206 g/mol. The molecule has 0 aliphatic rings. The molecule has 0 bridgehead atoms. The number of rotatable bonds is 0. The van der Waals surface area contributed by atoms with E-state index in [9.17, 15) is 0 Å². The molecule has 0 amide bonds. The summed E-state index contributed by atoms with van der Waals surface area (Å²) in [4.78, 5) is 0. The van der Waals surface area contributed by atoms with E-state index in [0.717, 1.165) is 0 Å². The van der Waals surface area contributed by atoms with Crippen LogP contribution in [-0.4, -0.2) is 35.0 Å². The molecule has 0 atom stereocenters. The summed E-state index contributed by atoms with van der Waals surface area (Å²) in [7, 11) is -9.83. The largest absolute Gasteiger partial charge is 1.00 e. The van der Waals surface area contributed by atoms with Gasteiger partial charge in [-0.1, -0.05) is 0 Å². The Kier molecular flexibility index (Phi) is 16.4. The van der Waals surface area contributed by atoms with E-state index >= 15 is 0 Å². The van der Waals surface area contributed by atoms with E-state index in [1.807, 2.05) is 0 Å². The Balaban J connectivity index is -0.0000000457. The van der Waals surface area contributed by atoms with Crippen LogP contribution in [0, 0.1) is 0 Å². The molecular formula is H2Li2O8S2. The summed E-state index contributed by atoms with van der Waals surface area (Å²) in [6.07, 6.45) is 0. The van der Waals surface area contributed by atoms with E-state index in [4.69, 9.17) is 35.0 Å². The fourth-order valence-electron chi connectivity index (χ4n) is 0. The van der Waals surface area contributed by atoms with E-state index in [1.54, 1.807) is 0 Å². The second-order valence-corrected chi connectivity index (χ2v) is 2.57. The Morgan fingerprint density at radius 1 is 0.750 bits per heavy atom. The molecule has 0 aromatic heterocycles. The standard InChI is InChI=1S/2Li.2H2O4S/c;;2*1-5(2,3)4/h;;2*(H2,1,2,3,4)/q2*+1;;/p-2. The molecule has 0 aliphatic carbocycles. The number of hydrogen-bond donors (Lipinski definition) is 2. The van der Waals surface area contributed by atoms with Crippen molar-refractivity contribution < 1.29 is 72.8 Å². The maximum atomic E-state index is 8.63. The van der Waals surface area contributed by atoms with E-state index in [0.29, 0.717) is 0 Å². The molecule has 12 heavy (non-hydrogen) atoms. The van der Waals surface area contributed by atoms with Crippen molar-refractivity contribution in [3.8, 4) is 0 Å². The van der Waals surface area contributed by atoms with Crippen molar-refractivity contribution in [3.63, 3.8) is 0 Å². The predicted molar refractivity (Wildman–Crippen MR) is 24.7 cm³/mol. The maximum Gasteiger partial charge on any atom is 1.00 e. The smallest absolute Gasteiger partial charge is 0.726 e. The molecule has 12 heteroatoms. The Bertz CT molecular complexity index is 211. The van der Waals surface area contributed by atoms with Crippen LogP contribution in [0.2, 0.25) is 0 Å². The summed E-state index contributed by atoms with van der Waals surface area (Å²) in [6, 6.07) is 0. The van der Waals surface area contributed by atoms with Crippen LogP contribution in [0.3, 0.4) is 0 Å². The van der Waals surface area contributed by atoms with Crippen LogP contribution in [0.25, 0.3) is 0 Å². The molecule has 0 aliphatic heterocycles. The zero-order valence-electron chi connectivity index (χ0n) is 6.16. The van der Waals surface area contributed by atoms with Gasteiger partial charge in [-0.05, 0) is 0 Å². The third kappa shape index (κ3) is 1240. The molecule has 0 unspecified atom stereocenters. The Hall–Kier alpha value is 0.935. The molecule has 0 saturated heterocycles. The minimum atomic E-state index is -4.92. The summed E-state index contributed by atoms with van der Waals surface area (Å²) >= 11 is 0. The third-order valence-electron chi connectivity index (χ3n) is 0. The van der Waals surface area contributed by atoms with Gasteiger partial charge >= 0.3 is 37.7 Å². The topological polar surface area (TPSA) is 155 Å². The molecule has 0 aromatic rings. The molecule has 8 nitrogen and oxygen atoms in total. The normalized spacial score (nSPS) is 9.67. The van der Waals surface area contributed by atoms with Gasteiger partial charge in [0.15, 0.2) is 0 Å². The zero-order valence-corrected chi connectivity index (χ0v) is 7.79. The van der Waals surface area contributed by atoms with Gasteiger partial charge in [0.1, 0.15) is 0 Å². The van der Waals surface area contributed by atoms with Gasteiger partial charge in [0, 0.05) is 0 Å². The van der Waals surface area contributed by atoms with Crippen LogP contribution >= 0.6 is 0 Å². The maximum absolute atomic E-state index is 8.63. The first kappa shape index (κ1) is 23.1.